The van der Waals surface area contributed by atoms with E-state index < -0.39 is 6.17 Å². The van der Waals surface area contributed by atoms with Crippen LogP contribution in [0.15, 0.2) is 48.8 Å². The number of nitrogens with zero attached hydrogens (tertiary/aromatic N) is 5. The number of hydrogen-bond donors (Lipinski definition) is 3. The maximum Gasteiger partial charge on any atom is 0.227 e. The lowest BCUT2D eigenvalue weighted by molar-refractivity contribution is 0.411. The molecule has 0 spiro atoms. The molecule has 0 amide bonds. The van der Waals surface area contributed by atoms with Crippen LogP contribution < -0.4 is 10.2 Å². The number of hydrogen-bond acceptors (Lipinski definition) is 6. The summed E-state index contributed by atoms with van der Waals surface area (Å²) < 4.78 is 13.3. The number of aromatic nitrogens is 5. The average Bonchev–Trinajstić information content (AvgIpc) is 3.17. The molecule has 1 aromatic carbocycles. The molecule has 5 rings (SSSR count). The third-order valence-corrected chi connectivity index (χ3v) is 5.76. The van der Waals surface area contributed by atoms with Gasteiger partial charge in [0.1, 0.15) is 12.0 Å². The van der Waals surface area contributed by atoms with Crippen molar-refractivity contribution in [1.82, 2.24) is 30.0 Å². The Morgan fingerprint density at radius 3 is 2.84 bits per heavy atom. The van der Waals surface area contributed by atoms with Crippen LogP contribution in [0.5, 0.6) is 0 Å². The Morgan fingerprint density at radius 2 is 2.03 bits per heavy atom. The molecule has 3 N–H and O–H groups in total. The number of H-pyrrole nitrogens is 2. The molecule has 0 aliphatic heterocycles. The van der Waals surface area contributed by atoms with Gasteiger partial charge in [-0.25, -0.2) is 9.37 Å². The highest BCUT2D eigenvalue weighted by molar-refractivity contribution is 5.83. The second-order valence-electron chi connectivity index (χ2n) is 8.51. The summed E-state index contributed by atoms with van der Waals surface area (Å²) in [5.41, 5.74) is 3.15. The van der Waals surface area contributed by atoms with Gasteiger partial charge in [0.25, 0.3) is 0 Å². The van der Waals surface area contributed by atoms with Crippen LogP contribution in [0.3, 0.4) is 0 Å². The van der Waals surface area contributed by atoms with Crippen LogP contribution in [0.4, 0.5) is 22.0 Å². The molecule has 0 bridgehead atoms. The number of anilines is 3. The van der Waals surface area contributed by atoms with Gasteiger partial charge in [0.05, 0.1) is 0 Å². The molecule has 166 valence electrons. The summed E-state index contributed by atoms with van der Waals surface area (Å²) in [6.07, 6.45) is 3.51. The maximum absolute atomic E-state index is 13.3. The molecule has 1 aliphatic carbocycles. The first-order chi connectivity index (χ1) is 15.6. The first-order valence-corrected chi connectivity index (χ1v) is 10.8. The Kier molecular flexibility index (Phi) is 5.48. The summed E-state index contributed by atoms with van der Waals surface area (Å²) >= 11 is 0. The Balaban J connectivity index is 1.37. The van der Waals surface area contributed by atoms with Gasteiger partial charge in [-0.05, 0) is 44.3 Å². The van der Waals surface area contributed by atoms with E-state index in [-0.39, 0.29) is 5.92 Å². The van der Waals surface area contributed by atoms with Crippen LogP contribution in [0.25, 0.3) is 10.9 Å². The number of rotatable bonds is 9. The van der Waals surface area contributed by atoms with Gasteiger partial charge in [-0.15, -0.1) is 0 Å². The predicted molar refractivity (Wildman–Crippen MR) is 124 cm³/mol. The highest BCUT2D eigenvalue weighted by Gasteiger charge is 2.40. The van der Waals surface area contributed by atoms with Gasteiger partial charge in [0.2, 0.25) is 5.95 Å². The highest BCUT2D eigenvalue weighted by Crippen LogP contribution is 2.43. The molecule has 32 heavy (non-hydrogen) atoms. The molecule has 0 saturated heterocycles. The Bertz CT molecular complexity index is 1200. The summed E-state index contributed by atoms with van der Waals surface area (Å²) in [6, 6.07) is 12.0. The van der Waals surface area contributed by atoms with Crippen LogP contribution in [-0.2, 0) is 6.54 Å². The van der Waals surface area contributed by atoms with Crippen molar-refractivity contribution in [3.8, 4) is 0 Å². The van der Waals surface area contributed by atoms with E-state index >= 15 is 0 Å². The number of benzene rings is 1. The van der Waals surface area contributed by atoms with E-state index in [0.29, 0.717) is 30.5 Å². The zero-order valence-corrected chi connectivity index (χ0v) is 18.2. The monoisotopic (exact) mass is 434 g/mol. The molecule has 4 aromatic rings. The van der Waals surface area contributed by atoms with Crippen LogP contribution in [0.1, 0.15) is 23.6 Å². The van der Waals surface area contributed by atoms with Crippen molar-refractivity contribution < 1.29 is 4.39 Å². The summed E-state index contributed by atoms with van der Waals surface area (Å²) in [5, 5.41) is 11.6. The minimum absolute atomic E-state index is 0.0586. The molecule has 2 atom stereocenters. The topological polar surface area (TPSA) is 88.8 Å². The van der Waals surface area contributed by atoms with Crippen molar-refractivity contribution in [2.75, 3.05) is 37.4 Å². The lowest BCUT2D eigenvalue weighted by Crippen LogP contribution is -2.32. The Morgan fingerprint density at radius 1 is 1.16 bits per heavy atom. The zero-order valence-electron chi connectivity index (χ0n) is 18.2. The predicted octanol–water partition coefficient (Wildman–Crippen LogP) is 3.82. The zero-order chi connectivity index (χ0) is 22.1. The number of likely N-dealkylation sites (N-methyl/N-ethyl adjacent to an activating group) is 1. The Hall–Kier alpha value is -3.46. The molecule has 8 nitrogen and oxygen atoms in total. The normalized spacial score (nSPS) is 17.8. The van der Waals surface area contributed by atoms with Crippen LogP contribution in [-0.4, -0.2) is 63.4 Å². The lowest BCUT2D eigenvalue weighted by atomic mass is 10.1. The van der Waals surface area contributed by atoms with E-state index in [1.807, 2.05) is 18.3 Å². The summed E-state index contributed by atoms with van der Waals surface area (Å²) in [6.45, 7) is 2.35. The van der Waals surface area contributed by atoms with Gasteiger partial charge in [-0.2, -0.15) is 10.1 Å². The molecule has 0 radical (unpaired) electrons. The molecule has 9 heteroatoms. The largest absolute Gasteiger partial charge is 0.361 e. The van der Waals surface area contributed by atoms with Gasteiger partial charge in [0.15, 0.2) is 5.82 Å². The standard InChI is InChI=1S/C23H27FN8/c1-31(2)10-11-32(14-15-4-3-5-19-16(15)6-8-25-19)23-26-9-7-21(28-23)27-22-13-20(29-30-22)17-12-18(17)24/h3-9,13,17-18,25H,10-12,14H2,1-2H3,(H2,26,27,28,29,30)/t17-,18-/m0/s1. The second kappa shape index (κ2) is 8.58. The quantitative estimate of drug-likeness (QED) is 0.371. The first kappa shape index (κ1) is 20.4. The van der Waals surface area contributed by atoms with Crippen molar-refractivity contribution in [2.45, 2.75) is 25.1 Å². The fourth-order valence-corrected chi connectivity index (χ4v) is 3.84. The van der Waals surface area contributed by atoms with Gasteiger partial charge < -0.3 is 20.1 Å². The fraction of sp³-hybridized carbons (Fsp3) is 0.348. The third-order valence-electron chi connectivity index (χ3n) is 5.76. The van der Waals surface area contributed by atoms with Crippen LogP contribution >= 0.6 is 0 Å². The number of halogens is 1. The van der Waals surface area contributed by atoms with E-state index in [1.165, 1.54) is 10.9 Å². The molecule has 3 aromatic heterocycles. The number of nitrogens with one attached hydrogen (secondary N) is 3. The highest BCUT2D eigenvalue weighted by atomic mass is 19.1. The first-order valence-electron chi connectivity index (χ1n) is 10.8. The van der Waals surface area contributed by atoms with Crippen LogP contribution in [0, 0.1) is 0 Å². The van der Waals surface area contributed by atoms with E-state index in [0.717, 1.165) is 24.3 Å². The minimum atomic E-state index is -0.760. The molecule has 1 aliphatic rings. The van der Waals surface area contributed by atoms with Crippen molar-refractivity contribution in [3.05, 3.63) is 60.0 Å². The van der Waals surface area contributed by atoms with Crippen molar-refractivity contribution in [3.63, 3.8) is 0 Å². The summed E-state index contributed by atoms with van der Waals surface area (Å²) in [4.78, 5) is 16.9. The molecule has 3 heterocycles. The third kappa shape index (κ3) is 4.43. The molecule has 1 fully saturated rings. The number of fused-ring (bicyclic) bond motifs is 1. The summed E-state index contributed by atoms with van der Waals surface area (Å²) in [7, 11) is 4.11. The van der Waals surface area contributed by atoms with Gasteiger partial charge >= 0.3 is 0 Å². The smallest absolute Gasteiger partial charge is 0.227 e. The Labute approximate surface area is 185 Å². The van der Waals surface area contributed by atoms with Crippen molar-refractivity contribution in [2.24, 2.45) is 0 Å². The lowest BCUT2D eigenvalue weighted by Gasteiger charge is -2.25. The average molecular weight is 435 g/mol. The van der Waals surface area contributed by atoms with Gasteiger partial charge in [0, 0.05) is 60.6 Å². The SMILES string of the molecule is CN(C)CCN(Cc1cccc2[nH]ccc12)c1nccc(Nc2cc([C@H]3C[C@@H]3F)[nH]n2)n1. The number of alkyl halides is 1. The molecular formula is C23H27FN8. The fourth-order valence-electron chi connectivity index (χ4n) is 3.84. The maximum atomic E-state index is 13.3. The van der Waals surface area contributed by atoms with Crippen molar-refractivity contribution in [1.29, 1.82) is 0 Å². The van der Waals surface area contributed by atoms with Gasteiger partial charge in [-0.1, -0.05) is 12.1 Å². The minimum Gasteiger partial charge on any atom is -0.361 e. The van der Waals surface area contributed by atoms with E-state index in [9.17, 15) is 4.39 Å². The van der Waals surface area contributed by atoms with Gasteiger partial charge in [-0.3, -0.25) is 5.10 Å². The van der Waals surface area contributed by atoms with E-state index in [2.05, 4.69) is 73.6 Å². The molecule has 1 saturated carbocycles. The van der Waals surface area contributed by atoms with E-state index in [1.54, 1.807) is 6.20 Å². The molecule has 0 unspecified atom stereocenters. The van der Waals surface area contributed by atoms with E-state index in [4.69, 9.17) is 4.98 Å². The van der Waals surface area contributed by atoms with Crippen LogP contribution in [0.2, 0.25) is 0 Å². The second-order valence-corrected chi connectivity index (χ2v) is 8.51. The number of aromatic amines is 2. The van der Waals surface area contributed by atoms with Crippen molar-refractivity contribution >= 4 is 28.5 Å². The summed E-state index contributed by atoms with van der Waals surface area (Å²) in [5.74, 6) is 1.86. The molecular weight excluding hydrogens is 407 g/mol.